The number of aromatic nitrogens is 8. The number of hydrogen-bond acceptors (Lipinski definition) is 24. The summed E-state index contributed by atoms with van der Waals surface area (Å²) >= 11 is 0. The van der Waals surface area contributed by atoms with Crippen molar-refractivity contribution in [3.8, 4) is 46.0 Å². The summed E-state index contributed by atoms with van der Waals surface area (Å²) in [6.07, 6.45) is 27.9. The van der Waals surface area contributed by atoms with Gasteiger partial charge in [0.2, 0.25) is 0 Å². The summed E-state index contributed by atoms with van der Waals surface area (Å²) < 4.78 is 60.0. The molecule has 24 unspecified atom stereocenters. The summed E-state index contributed by atoms with van der Waals surface area (Å²) in [5.74, 6) is 3.77. The second-order valence-electron chi connectivity index (χ2n) is 26.9. The number of nitrogens with zero attached hydrogens (tertiary/aromatic N) is 8. The van der Waals surface area contributed by atoms with Crippen LogP contribution in [0.3, 0.4) is 0 Å². The molecule has 4 saturated carbocycles. The lowest BCUT2D eigenvalue weighted by Gasteiger charge is -2.50. The van der Waals surface area contributed by atoms with Crippen LogP contribution in [-0.4, -0.2) is 138 Å². The Balaban J connectivity index is 0.872. The van der Waals surface area contributed by atoms with Gasteiger partial charge in [-0.05, 0) is 146 Å². The van der Waals surface area contributed by atoms with Crippen LogP contribution in [0.25, 0.3) is 0 Å². The van der Waals surface area contributed by atoms with Crippen LogP contribution in [0.2, 0.25) is 0 Å². The minimum atomic E-state index is -0.891. The molecule has 96 heavy (non-hydrogen) atoms. The van der Waals surface area contributed by atoms with Crippen LogP contribution in [0.5, 0.6) is 46.0 Å². The van der Waals surface area contributed by atoms with Gasteiger partial charge in [0, 0.05) is 73.2 Å². The molecule has 24 heteroatoms. The van der Waals surface area contributed by atoms with Crippen molar-refractivity contribution < 1.29 is 37.9 Å². The molecule has 0 aromatic carbocycles. The van der Waals surface area contributed by atoms with E-state index in [4.69, 9.17) is 37.9 Å². The zero-order valence-corrected chi connectivity index (χ0v) is 52.8. The summed E-state index contributed by atoms with van der Waals surface area (Å²) in [6, 6.07) is 30.5. The van der Waals surface area contributed by atoms with Crippen LogP contribution in [-0.2, 0) is 0 Å². The highest BCUT2D eigenvalue weighted by atomic mass is 16.6. The van der Waals surface area contributed by atoms with Crippen molar-refractivity contribution in [2.45, 2.75) is 150 Å². The maximum Gasteiger partial charge on any atom is 0.176 e. The summed E-state index contributed by atoms with van der Waals surface area (Å²) in [5.41, 5.74) is 0. The molecule has 0 radical (unpaired) electrons. The summed E-state index contributed by atoms with van der Waals surface area (Å²) in [6.45, 7) is 0. The van der Waals surface area contributed by atoms with Crippen molar-refractivity contribution >= 4 is 0 Å². The van der Waals surface area contributed by atoms with Crippen molar-refractivity contribution in [1.82, 2.24) is 82.4 Å². The second-order valence-corrected chi connectivity index (χ2v) is 26.9. The predicted molar refractivity (Wildman–Crippen MR) is 349 cm³/mol. The Labute approximate surface area is 557 Å². The SMILES string of the molecule is c1cncc(OC2C(Oc3cccnc3)C(Oc3cccnc3)C3C4NC(NC5NC(NC6NC(NC7NC(N4)C4C(Oc8cccnc8)C(Oc8cccnc8)C(Oc8cccnc8)C(Oc8cccnc8)C74)C4CCCCC64)C4CCCCC54)C3C2Oc2cccnc2)c1. The molecule has 9 fully saturated rings. The largest absolute Gasteiger partial charge is 0.484 e. The monoisotopic (exact) mass is 1300 g/mol. The fraction of sp³-hybridized carbons (Fsp3) is 0.444. The van der Waals surface area contributed by atoms with E-state index < -0.39 is 97.2 Å². The molecule has 496 valence electrons. The molecule has 0 amide bonds. The Morgan fingerprint density at radius 1 is 0.219 bits per heavy atom. The van der Waals surface area contributed by atoms with Crippen molar-refractivity contribution in [2.24, 2.45) is 47.3 Å². The summed E-state index contributed by atoms with van der Waals surface area (Å²) in [4.78, 5) is 36.7. The molecular weight excluding hydrogens is 1220 g/mol. The van der Waals surface area contributed by atoms with Gasteiger partial charge in [0.05, 0.1) is 98.9 Å². The van der Waals surface area contributed by atoms with Gasteiger partial charge in [0.1, 0.15) is 70.4 Å². The van der Waals surface area contributed by atoms with Gasteiger partial charge in [-0.15, -0.1) is 0 Å². The molecule has 24 atom stereocenters. The second kappa shape index (κ2) is 27.4. The fourth-order valence-electron chi connectivity index (χ4n) is 17.7. The number of ether oxygens (including phenoxy) is 8. The van der Waals surface area contributed by atoms with Gasteiger partial charge in [-0.25, -0.2) is 0 Å². The lowest BCUT2D eigenvalue weighted by molar-refractivity contribution is -0.156. The quantitative estimate of drug-likeness (QED) is 0.0533. The van der Waals surface area contributed by atoms with E-state index in [2.05, 4.69) is 82.4 Å². The number of pyridine rings is 8. The molecule has 4 aliphatic carbocycles. The molecule has 24 nitrogen and oxygen atoms in total. The van der Waals surface area contributed by atoms with Crippen molar-refractivity contribution in [2.75, 3.05) is 0 Å². The number of fused-ring (bicyclic) bond motifs is 20. The Kier molecular flexibility index (Phi) is 17.4. The lowest BCUT2D eigenvalue weighted by Crippen LogP contribution is -2.70. The van der Waals surface area contributed by atoms with E-state index in [0.717, 1.165) is 38.5 Å². The van der Waals surface area contributed by atoms with E-state index >= 15 is 0 Å². The summed E-state index contributed by atoms with van der Waals surface area (Å²) in [7, 11) is 0. The van der Waals surface area contributed by atoms with Gasteiger partial charge < -0.3 is 37.9 Å². The third-order valence-electron chi connectivity index (χ3n) is 21.5. The third kappa shape index (κ3) is 12.4. The molecular formula is C72H80N16O8. The topological polar surface area (TPSA) is 273 Å². The average Bonchev–Trinajstić information content (AvgIpc) is 1.52. The molecule has 8 bridgehead atoms. The van der Waals surface area contributed by atoms with Crippen LogP contribution in [0.4, 0.5) is 0 Å². The van der Waals surface area contributed by atoms with Gasteiger partial charge in [-0.2, -0.15) is 0 Å². The van der Waals surface area contributed by atoms with Gasteiger partial charge in [-0.3, -0.25) is 82.4 Å². The van der Waals surface area contributed by atoms with Crippen molar-refractivity contribution in [3.05, 3.63) is 196 Å². The molecule has 17 rings (SSSR count). The molecule has 8 aromatic heterocycles. The van der Waals surface area contributed by atoms with Crippen molar-refractivity contribution in [1.29, 1.82) is 0 Å². The predicted octanol–water partition coefficient (Wildman–Crippen LogP) is 6.23. The molecule has 8 aromatic rings. The number of hydrogen-bond donors (Lipinski definition) is 8. The van der Waals surface area contributed by atoms with Gasteiger partial charge in [-0.1, -0.05) is 25.7 Å². The number of rotatable bonds is 16. The fourth-order valence-corrected chi connectivity index (χ4v) is 17.7. The van der Waals surface area contributed by atoms with E-state index in [1.54, 1.807) is 99.1 Å². The Bertz CT molecular complexity index is 3530. The number of nitrogens with one attached hydrogen (secondary N) is 8. The van der Waals surface area contributed by atoms with Crippen LogP contribution in [0, 0.1) is 47.3 Å². The first-order chi connectivity index (χ1) is 47.6. The van der Waals surface area contributed by atoms with Gasteiger partial charge in [0.25, 0.3) is 0 Å². The average molecular weight is 1300 g/mol. The highest BCUT2D eigenvalue weighted by molar-refractivity contribution is 5.30. The summed E-state index contributed by atoms with van der Waals surface area (Å²) in [5, 5.41) is 34.6. The minimum Gasteiger partial charge on any atom is -0.484 e. The first-order valence-corrected chi connectivity index (χ1v) is 34.2. The van der Waals surface area contributed by atoms with E-state index in [-0.39, 0.29) is 24.7 Å². The Morgan fingerprint density at radius 2 is 0.385 bits per heavy atom. The Morgan fingerprint density at radius 3 is 0.562 bits per heavy atom. The van der Waals surface area contributed by atoms with Gasteiger partial charge in [0.15, 0.2) is 24.4 Å². The zero-order valence-electron chi connectivity index (χ0n) is 52.8. The lowest BCUT2D eigenvalue weighted by atomic mass is 9.70. The highest BCUT2D eigenvalue weighted by Crippen LogP contribution is 2.51. The molecule has 0 spiro atoms. The standard InChI is InChI=1S/C72H80N16O8/c1-3-23-51-49(21-1)65-81-66-50-22-2-4-24-52(50)68(83-66)85-70-54-56(60(92-44-16-8-28-76-36-44)64(96-48-20-12-32-80-40-48)62(94-46-18-10-30-78-38-46)58(54)90-42-14-6-26-74-34-42)72(87-70)88-71-55-53(69(86-71)84-67(51)82-65)57(89-41-13-5-25-73-33-41)61(93-45-17-9-29-77-37-45)63(95-47-19-11-31-79-39-47)59(55)91-43-15-7-27-75-35-43/h5-20,25-40,49-72,81-88H,1-4,21-24H2. The molecule has 5 saturated heterocycles. The van der Waals surface area contributed by atoms with Crippen LogP contribution >= 0.6 is 0 Å². The molecule has 8 N–H and O–H groups in total. The first-order valence-electron chi connectivity index (χ1n) is 34.2. The molecule has 9 aliphatic rings. The van der Waals surface area contributed by atoms with E-state index in [1.807, 2.05) is 97.1 Å². The van der Waals surface area contributed by atoms with Gasteiger partial charge >= 0.3 is 0 Å². The van der Waals surface area contributed by atoms with Crippen molar-refractivity contribution in [3.63, 3.8) is 0 Å². The molecule has 5 aliphatic heterocycles. The van der Waals surface area contributed by atoms with E-state index in [9.17, 15) is 0 Å². The van der Waals surface area contributed by atoms with Crippen LogP contribution in [0.15, 0.2) is 196 Å². The molecule has 13 heterocycles. The zero-order chi connectivity index (χ0) is 63.7. The smallest absolute Gasteiger partial charge is 0.176 e. The third-order valence-corrected chi connectivity index (χ3v) is 21.5. The minimum absolute atomic E-state index is 0.0153. The van der Waals surface area contributed by atoms with Crippen LogP contribution in [0.1, 0.15) is 51.4 Å². The maximum absolute atomic E-state index is 7.60. The van der Waals surface area contributed by atoms with Crippen LogP contribution < -0.4 is 80.4 Å². The first kappa shape index (κ1) is 60.9. The highest BCUT2D eigenvalue weighted by Gasteiger charge is 2.68. The van der Waals surface area contributed by atoms with E-state index in [0.29, 0.717) is 69.7 Å². The normalized spacial score (nSPS) is 36.5. The van der Waals surface area contributed by atoms with E-state index in [1.165, 1.54) is 12.8 Å². The Hall–Kier alpha value is -8.72. The maximum atomic E-state index is 7.60.